The van der Waals surface area contributed by atoms with E-state index in [-0.39, 0.29) is 0 Å². The zero-order valence-corrected chi connectivity index (χ0v) is 10.3. The molecule has 0 atom stereocenters. The Morgan fingerprint density at radius 2 is 1.38 bits per heavy atom. The van der Waals surface area contributed by atoms with Gasteiger partial charge in [-0.1, -0.05) is 22.7 Å². The molecule has 16 heavy (non-hydrogen) atoms. The number of benzene rings is 1. The predicted molar refractivity (Wildman–Crippen MR) is 65.9 cm³/mol. The average molecular weight is 252 g/mol. The Morgan fingerprint density at radius 3 is 1.81 bits per heavy atom. The van der Waals surface area contributed by atoms with Crippen molar-refractivity contribution in [2.45, 2.75) is 0 Å². The van der Waals surface area contributed by atoms with Crippen LogP contribution in [-0.2, 0) is 0 Å². The molecule has 0 spiro atoms. The first-order valence-corrected chi connectivity index (χ1v) is 6.22. The first-order valence-electron chi connectivity index (χ1n) is 4.59. The standard InChI is InChI=1S/C10H8N2O2S2/c1-13-9-11-5-3-6-8(4-7(5)15-9)16-10(12-6)14-2/h3-4H,1-2H3. The second-order valence-electron chi connectivity index (χ2n) is 3.16. The van der Waals surface area contributed by atoms with E-state index in [9.17, 15) is 0 Å². The SMILES string of the molecule is COc1nc2cc3nc(OC)sc3cc2s1. The van der Waals surface area contributed by atoms with Crippen LogP contribution in [0.15, 0.2) is 12.1 Å². The largest absolute Gasteiger partial charge is 0.473 e. The van der Waals surface area contributed by atoms with Crippen LogP contribution >= 0.6 is 22.7 Å². The van der Waals surface area contributed by atoms with Gasteiger partial charge < -0.3 is 9.47 Å². The summed E-state index contributed by atoms with van der Waals surface area (Å²) in [6, 6.07) is 4.04. The van der Waals surface area contributed by atoms with Crippen molar-refractivity contribution in [1.82, 2.24) is 9.97 Å². The zero-order chi connectivity index (χ0) is 11.1. The minimum absolute atomic E-state index is 0.680. The van der Waals surface area contributed by atoms with Gasteiger partial charge in [0.05, 0.1) is 34.7 Å². The summed E-state index contributed by atoms with van der Waals surface area (Å²) < 4.78 is 12.4. The third-order valence-electron chi connectivity index (χ3n) is 2.21. The number of ether oxygens (including phenoxy) is 2. The maximum Gasteiger partial charge on any atom is 0.274 e. The fourth-order valence-corrected chi connectivity index (χ4v) is 3.16. The summed E-state index contributed by atoms with van der Waals surface area (Å²) >= 11 is 3.07. The lowest BCUT2D eigenvalue weighted by Crippen LogP contribution is -1.79. The molecule has 0 fully saturated rings. The molecule has 0 unspecified atom stereocenters. The Bertz CT molecular complexity index is 554. The summed E-state index contributed by atoms with van der Waals surface area (Å²) in [5.74, 6) is 0. The third kappa shape index (κ3) is 1.42. The van der Waals surface area contributed by atoms with E-state index in [1.54, 1.807) is 14.2 Å². The second kappa shape index (κ2) is 3.57. The molecule has 0 saturated carbocycles. The summed E-state index contributed by atoms with van der Waals surface area (Å²) in [5, 5.41) is 1.36. The molecule has 0 aliphatic carbocycles. The van der Waals surface area contributed by atoms with Crippen LogP contribution in [0.2, 0.25) is 0 Å². The van der Waals surface area contributed by atoms with Crippen molar-refractivity contribution < 1.29 is 9.47 Å². The van der Waals surface area contributed by atoms with E-state index >= 15 is 0 Å². The highest BCUT2D eigenvalue weighted by molar-refractivity contribution is 7.22. The third-order valence-corrected chi connectivity index (χ3v) is 4.17. The number of aromatic nitrogens is 2. The van der Waals surface area contributed by atoms with Crippen molar-refractivity contribution in [2.75, 3.05) is 14.2 Å². The summed E-state index contributed by atoms with van der Waals surface area (Å²) in [6.45, 7) is 0. The summed E-state index contributed by atoms with van der Waals surface area (Å²) in [7, 11) is 3.25. The molecule has 3 rings (SSSR count). The van der Waals surface area contributed by atoms with E-state index in [4.69, 9.17) is 9.47 Å². The number of thiazole rings is 2. The van der Waals surface area contributed by atoms with Gasteiger partial charge in [-0.15, -0.1) is 0 Å². The van der Waals surface area contributed by atoms with Crippen molar-refractivity contribution in [3.63, 3.8) is 0 Å². The molecule has 2 heterocycles. The van der Waals surface area contributed by atoms with Gasteiger partial charge in [-0.25, -0.2) is 9.97 Å². The first-order chi connectivity index (χ1) is 7.80. The summed E-state index contributed by atoms with van der Waals surface area (Å²) in [4.78, 5) is 8.67. The number of hydrogen-bond acceptors (Lipinski definition) is 6. The van der Waals surface area contributed by atoms with Crippen LogP contribution in [0.5, 0.6) is 10.4 Å². The highest BCUT2D eigenvalue weighted by Gasteiger charge is 2.09. The van der Waals surface area contributed by atoms with Gasteiger partial charge in [0.1, 0.15) is 0 Å². The van der Waals surface area contributed by atoms with E-state index in [0.717, 1.165) is 20.4 Å². The monoisotopic (exact) mass is 252 g/mol. The lowest BCUT2D eigenvalue weighted by molar-refractivity contribution is 0.413. The maximum atomic E-state index is 5.11. The van der Waals surface area contributed by atoms with E-state index in [1.165, 1.54) is 22.7 Å². The molecule has 0 amide bonds. The lowest BCUT2D eigenvalue weighted by Gasteiger charge is -1.86. The molecular formula is C10H8N2O2S2. The Labute approximate surface area is 99.5 Å². The minimum atomic E-state index is 0.680. The molecule has 0 N–H and O–H groups in total. The van der Waals surface area contributed by atoms with Crippen LogP contribution < -0.4 is 9.47 Å². The molecule has 4 nitrogen and oxygen atoms in total. The van der Waals surface area contributed by atoms with Crippen molar-refractivity contribution >= 4 is 43.1 Å². The molecule has 0 saturated heterocycles. The molecule has 2 aromatic heterocycles. The average Bonchev–Trinajstić information content (AvgIpc) is 2.86. The molecule has 0 radical (unpaired) electrons. The summed E-state index contributed by atoms with van der Waals surface area (Å²) in [6.07, 6.45) is 0. The van der Waals surface area contributed by atoms with Gasteiger partial charge in [0.2, 0.25) is 0 Å². The van der Waals surface area contributed by atoms with E-state index < -0.39 is 0 Å². The quantitative estimate of drug-likeness (QED) is 0.703. The normalized spacial score (nSPS) is 11.1. The highest BCUT2D eigenvalue weighted by Crippen LogP contribution is 2.35. The Balaban J connectivity index is 2.28. The maximum absolute atomic E-state index is 5.11. The van der Waals surface area contributed by atoms with Crippen LogP contribution in [0.1, 0.15) is 0 Å². The van der Waals surface area contributed by atoms with E-state index in [2.05, 4.69) is 16.0 Å². The Hall–Kier alpha value is -1.40. The predicted octanol–water partition coefficient (Wildman–Crippen LogP) is 2.92. The molecular weight excluding hydrogens is 244 g/mol. The second-order valence-corrected chi connectivity index (χ2v) is 5.14. The van der Waals surface area contributed by atoms with Gasteiger partial charge in [0.15, 0.2) is 0 Å². The smallest absolute Gasteiger partial charge is 0.274 e. The first kappa shape index (κ1) is 9.80. The molecule has 6 heteroatoms. The molecule has 82 valence electrons. The number of nitrogens with zero attached hydrogens (tertiary/aromatic N) is 2. The van der Waals surface area contributed by atoms with Gasteiger partial charge in [0.25, 0.3) is 10.4 Å². The molecule has 1 aromatic carbocycles. The van der Waals surface area contributed by atoms with Gasteiger partial charge >= 0.3 is 0 Å². The van der Waals surface area contributed by atoms with Gasteiger partial charge in [-0.3, -0.25) is 0 Å². The Morgan fingerprint density at radius 1 is 0.875 bits per heavy atom. The van der Waals surface area contributed by atoms with Crippen molar-refractivity contribution in [1.29, 1.82) is 0 Å². The van der Waals surface area contributed by atoms with Crippen LogP contribution in [0, 0.1) is 0 Å². The van der Waals surface area contributed by atoms with Gasteiger partial charge in [0, 0.05) is 0 Å². The highest BCUT2D eigenvalue weighted by atomic mass is 32.1. The summed E-state index contributed by atoms with van der Waals surface area (Å²) in [5.41, 5.74) is 1.84. The van der Waals surface area contributed by atoms with Crippen LogP contribution in [0.4, 0.5) is 0 Å². The topological polar surface area (TPSA) is 44.2 Å². The number of hydrogen-bond donors (Lipinski definition) is 0. The lowest BCUT2D eigenvalue weighted by atomic mass is 10.3. The van der Waals surface area contributed by atoms with Crippen molar-refractivity contribution in [3.05, 3.63) is 12.1 Å². The fourth-order valence-electron chi connectivity index (χ4n) is 1.48. The Kier molecular flexibility index (Phi) is 2.19. The fraction of sp³-hybridized carbons (Fsp3) is 0.200. The van der Waals surface area contributed by atoms with Gasteiger partial charge in [-0.2, -0.15) is 0 Å². The van der Waals surface area contributed by atoms with E-state index in [0.29, 0.717) is 10.4 Å². The zero-order valence-electron chi connectivity index (χ0n) is 8.68. The van der Waals surface area contributed by atoms with Gasteiger partial charge in [-0.05, 0) is 12.1 Å². The van der Waals surface area contributed by atoms with Crippen LogP contribution in [0.3, 0.4) is 0 Å². The van der Waals surface area contributed by atoms with Crippen LogP contribution in [0.25, 0.3) is 20.4 Å². The minimum Gasteiger partial charge on any atom is -0.473 e. The molecule has 0 bridgehead atoms. The number of methoxy groups -OCH3 is 2. The molecule has 0 aliphatic rings. The van der Waals surface area contributed by atoms with Crippen molar-refractivity contribution in [2.24, 2.45) is 0 Å². The number of fused-ring (bicyclic) bond motifs is 2. The van der Waals surface area contributed by atoms with E-state index in [1.807, 2.05) is 6.07 Å². The van der Waals surface area contributed by atoms with Crippen molar-refractivity contribution in [3.8, 4) is 10.4 Å². The molecule has 3 aromatic rings. The van der Waals surface area contributed by atoms with Crippen LogP contribution in [-0.4, -0.2) is 24.2 Å². The number of rotatable bonds is 2. The molecule has 0 aliphatic heterocycles.